The standard InChI is InChI=1S/C20H20N4O3/c25-19(22-23-9-11-27-12-10-23)14-24-20(26)8-7-18(21-24)17-6-5-15-3-1-2-4-16(15)13-17/h1-8,13H,9-12,14H2,(H,22,25). The molecule has 2 aromatic carbocycles. The molecule has 0 aliphatic carbocycles. The molecule has 3 aromatic rings. The first-order valence-corrected chi connectivity index (χ1v) is 8.88. The molecule has 27 heavy (non-hydrogen) atoms. The van der Waals surface area contributed by atoms with Crippen molar-refractivity contribution in [3.8, 4) is 11.3 Å². The number of nitrogens with zero attached hydrogens (tertiary/aromatic N) is 3. The molecule has 0 spiro atoms. The number of rotatable bonds is 4. The molecule has 0 atom stereocenters. The summed E-state index contributed by atoms with van der Waals surface area (Å²) in [6.45, 7) is 2.29. The van der Waals surface area contributed by atoms with Crippen molar-refractivity contribution < 1.29 is 9.53 Å². The maximum atomic E-state index is 12.3. The number of carbonyl (C=O) groups is 1. The van der Waals surface area contributed by atoms with Gasteiger partial charge in [-0.25, -0.2) is 9.69 Å². The van der Waals surface area contributed by atoms with Crippen LogP contribution in [0.4, 0.5) is 0 Å². The van der Waals surface area contributed by atoms with Gasteiger partial charge in [0.05, 0.1) is 18.9 Å². The molecule has 138 valence electrons. The van der Waals surface area contributed by atoms with Crippen molar-refractivity contribution in [1.82, 2.24) is 20.2 Å². The molecular formula is C20H20N4O3. The molecule has 0 saturated carbocycles. The van der Waals surface area contributed by atoms with Gasteiger partial charge in [0, 0.05) is 24.7 Å². The van der Waals surface area contributed by atoms with E-state index in [-0.39, 0.29) is 18.0 Å². The normalized spacial score (nSPS) is 15.0. The number of benzene rings is 2. The summed E-state index contributed by atoms with van der Waals surface area (Å²) in [6.07, 6.45) is 0. The average molecular weight is 364 g/mol. The molecule has 7 heteroatoms. The first-order valence-electron chi connectivity index (χ1n) is 8.88. The van der Waals surface area contributed by atoms with E-state index in [1.807, 2.05) is 42.5 Å². The van der Waals surface area contributed by atoms with Crippen molar-refractivity contribution in [3.05, 3.63) is 65.0 Å². The summed E-state index contributed by atoms with van der Waals surface area (Å²) in [5.41, 5.74) is 4.04. The van der Waals surface area contributed by atoms with Crippen LogP contribution in [0.5, 0.6) is 0 Å². The topological polar surface area (TPSA) is 76.5 Å². The Morgan fingerprint density at radius 1 is 1.04 bits per heavy atom. The molecule has 1 fully saturated rings. The van der Waals surface area contributed by atoms with Crippen molar-refractivity contribution in [2.75, 3.05) is 26.3 Å². The number of hydrogen-bond donors (Lipinski definition) is 1. The lowest BCUT2D eigenvalue weighted by Gasteiger charge is -2.26. The van der Waals surface area contributed by atoms with Crippen LogP contribution >= 0.6 is 0 Å². The summed E-state index contributed by atoms with van der Waals surface area (Å²) in [5.74, 6) is -0.276. The number of hydrazine groups is 1. The minimum atomic E-state index is -0.309. The SMILES string of the molecule is O=C(Cn1nc(-c2ccc3ccccc3c2)ccc1=O)NN1CCOCC1. The lowest BCUT2D eigenvalue weighted by molar-refractivity contribution is -0.128. The molecule has 7 nitrogen and oxygen atoms in total. The van der Waals surface area contributed by atoms with Crippen LogP contribution < -0.4 is 11.0 Å². The van der Waals surface area contributed by atoms with E-state index in [2.05, 4.69) is 10.5 Å². The average Bonchev–Trinajstić information content (AvgIpc) is 2.70. The Kier molecular flexibility index (Phi) is 4.95. The van der Waals surface area contributed by atoms with Crippen LogP contribution in [-0.2, 0) is 16.1 Å². The van der Waals surface area contributed by atoms with Crippen LogP contribution in [0, 0.1) is 0 Å². The number of fused-ring (bicyclic) bond motifs is 1. The van der Waals surface area contributed by atoms with Crippen LogP contribution in [-0.4, -0.2) is 47.0 Å². The van der Waals surface area contributed by atoms with Gasteiger partial charge in [-0.15, -0.1) is 0 Å². The number of ether oxygens (including phenoxy) is 1. The molecule has 1 aliphatic rings. The Labute approximate surface area is 156 Å². The summed E-state index contributed by atoms with van der Waals surface area (Å²) >= 11 is 0. The van der Waals surface area contributed by atoms with Gasteiger partial charge in [-0.1, -0.05) is 36.4 Å². The highest BCUT2D eigenvalue weighted by Gasteiger charge is 2.14. The van der Waals surface area contributed by atoms with Crippen LogP contribution in [0.15, 0.2) is 59.4 Å². The highest BCUT2D eigenvalue weighted by atomic mass is 16.5. The molecule has 4 rings (SSSR count). The summed E-state index contributed by atoms with van der Waals surface area (Å²) < 4.78 is 6.45. The smallest absolute Gasteiger partial charge is 0.267 e. The zero-order chi connectivity index (χ0) is 18.6. The molecular weight excluding hydrogens is 344 g/mol. The predicted molar refractivity (Wildman–Crippen MR) is 102 cm³/mol. The van der Waals surface area contributed by atoms with Crippen LogP contribution in [0.1, 0.15) is 0 Å². The Hall–Kier alpha value is -3.03. The summed E-state index contributed by atoms with van der Waals surface area (Å²) in [7, 11) is 0. The summed E-state index contributed by atoms with van der Waals surface area (Å²) in [4.78, 5) is 24.4. The Balaban J connectivity index is 1.55. The van der Waals surface area contributed by atoms with Crippen LogP contribution in [0.2, 0.25) is 0 Å². The van der Waals surface area contributed by atoms with E-state index in [0.717, 1.165) is 16.3 Å². The number of hydrogen-bond acceptors (Lipinski definition) is 5. The van der Waals surface area contributed by atoms with Gasteiger partial charge in [0.1, 0.15) is 6.54 Å². The Morgan fingerprint density at radius 3 is 2.63 bits per heavy atom. The van der Waals surface area contributed by atoms with Crippen molar-refractivity contribution >= 4 is 16.7 Å². The van der Waals surface area contributed by atoms with Crippen molar-refractivity contribution in [2.45, 2.75) is 6.54 Å². The van der Waals surface area contributed by atoms with E-state index < -0.39 is 0 Å². The number of morpholine rings is 1. The highest BCUT2D eigenvalue weighted by molar-refractivity contribution is 5.86. The first kappa shape index (κ1) is 17.4. The zero-order valence-electron chi connectivity index (χ0n) is 14.8. The second kappa shape index (κ2) is 7.69. The molecule has 1 aliphatic heterocycles. The zero-order valence-corrected chi connectivity index (χ0v) is 14.8. The Bertz CT molecular complexity index is 1020. The van der Waals surface area contributed by atoms with Crippen molar-refractivity contribution in [3.63, 3.8) is 0 Å². The number of aromatic nitrogens is 2. The van der Waals surface area contributed by atoms with Gasteiger partial charge in [0.25, 0.3) is 11.5 Å². The first-order chi connectivity index (χ1) is 13.2. The van der Waals surface area contributed by atoms with Gasteiger partial charge >= 0.3 is 0 Å². The van der Waals surface area contributed by atoms with E-state index in [4.69, 9.17) is 4.74 Å². The maximum absolute atomic E-state index is 12.3. The molecule has 2 heterocycles. The monoisotopic (exact) mass is 364 g/mol. The number of nitrogens with one attached hydrogen (secondary N) is 1. The van der Waals surface area contributed by atoms with Gasteiger partial charge in [-0.2, -0.15) is 5.10 Å². The minimum Gasteiger partial charge on any atom is -0.379 e. The van der Waals surface area contributed by atoms with Gasteiger partial charge in [0.2, 0.25) is 0 Å². The van der Waals surface area contributed by atoms with E-state index >= 15 is 0 Å². The molecule has 1 N–H and O–H groups in total. The van der Waals surface area contributed by atoms with Gasteiger partial charge in [0.15, 0.2) is 0 Å². The quantitative estimate of drug-likeness (QED) is 0.758. The third-order valence-electron chi connectivity index (χ3n) is 4.50. The molecule has 0 unspecified atom stereocenters. The molecule has 0 radical (unpaired) electrons. The number of carbonyl (C=O) groups excluding carboxylic acids is 1. The fourth-order valence-electron chi connectivity index (χ4n) is 3.09. The van der Waals surface area contributed by atoms with E-state index in [1.165, 1.54) is 10.7 Å². The van der Waals surface area contributed by atoms with Crippen molar-refractivity contribution in [2.24, 2.45) is 0 Å². The van der Waals surface area contributed by atoms with Crippen molar-refractivity contribution in [1.29, 1.82) is 0 Å². The fraction of sp³-hybridized carbons (Fsp3) is 0.250. The van der Waals surface area contributed by atoms with E-state index in [1.54, 1.807) is 11.1 Å². The lowest BCUT2D eigenvalue weighted by Crippen LogP contribution is -2.49. The minimum absolute atomic E-state index is 0.127. The molecule has 1 saturated heterocycles. The van der Waals surface area contributed by atoms with Crippen LogP contribution in [0.25, 0.3) is 22.0 Å². The second-order valence-electron chi connectivity index (χ2n) is 6.41. The predicted octanol–water partition coefficient (Wildman–Crippen LogP) is 1.43. The van der Waals surface area contributed by atoms with E-state index in [9.17, 15) is 9.59 Å². The van der Waals surface area contributed by atoms with Gasteiger partial charge in [-0.3, -0.25) is 15.0 Å². The highest BCUT2D eigenvalue weighted by Crippen LogP contribution is 2.22. The molecule has 1 amide bonds. The maximum Gasteiger partial charge on any atom is 0.267 e. The molecule has 1 aromatic heterocycles. The van der Waals surface area contributed by atoms with E-state index in [0.29, 0.717) is 32.0 Å². The Morgan fingerprint density at radius 2 is 1.81 bits per heavy atom. The van der Waals surface area contributed by atoms with Gasteiger partial charge in [-0.05, 0) is 22.9 Å². The third-order valence-corrected chi connectivity index (χ3v) is 4.50. The fourth-order valence-corrected chi connectivity index (χ4v) is 3.09. The summed E-state index contributed by atoms with van der Waals surface area (Å²) in [5, 5.41) is 8.41. The largest absolute Gasteiger partial charge is 0.379 e. The number of amides is 1. The lowest BCUT2D eigenvalue weighted by atomic mass is 10.1. The molecule has 0 bridgehead atoms. The second-order valence-corrected chi connectivity index (χ2v) is 6.41. The summed E-state index contributed by atoms with van der Waals surface area (Å²) in [6, 6.07) is 17.2. The third kappa shape index (κ3) is 4.05. The van der Waals surface area contributed by atoms with Gasteiger partial charge < -0.3 is 4.74 Å². The van der Waals surface area contributed by atoms with Crippen LogP contribution in [0.3, 0.4) is 0 Å².